The molecule has 0 amide bonds. The van der Waals surface area contributed by atoms with Crippen LogP contribution in [0.4, 0.5) is 0 Å². The molecule has 2 heteroatoms. The van der Waals surface area contributed by atoms with E-state index >= 15 is 0 Å². The molecule has 1 aliphatic carbocycles. The summed E-state index contributed by atoms with van der Waals surface area (Å²) in [7, 11) is 1.61. The van der Waals surface area contributed by atoms with E-state index in [0.29, 0.717) is 6.42 Å². The lowest BCUT2D eigenvalue weighted by atomic mass is 9.95. The molecule has 0 radical (unpaired) electrons. The zero-order valence-electron chi connectivity index (χ0n) is 10.1. The van der Waals surface area contributed by atoms with Crippen LogP contribution in [0, 0.1) is 5.92 Å². The number of hydrogen-bond donors (Lipinski definition) is 0. The number of carbonyl (C=O) groups excluding carboxylic acids is 1. The van der Waals surface area contributed by atoms with Gasteiger partial charge in [-0.25, -0.2) is 0 Å². The molecule has 1 aromatic rings. The highest BCUT2D eigenvalue weighted by atomic mass is 16.5. The van der Waals surface area contributed by atoms with E-state index in [4.69, 9.17) is 4.74 Å². The summed E-state index contributed by atoms with van der Waals surface area (Å²) in [6.07, 6.45) is 6.68. The quantitative estimate of drug-likeness (QED) is 0.738. The summed E-state index contributed by atoms with van der Waals surface area (Å²) in [5.74, 6) is 1.15. The Morgan fingerprint density at radius 2 is 2.24 bits per heavy atom. The van der Waals surface area contributed by atoms with Crippen LogP contribution in [0.1, 0.15) is 23.7 Å². The summed E-state index contributed by atoms with van der Waals surface area (Å²) in [5, 5.41) is 0. The molecule has 0 saturated heterocycles. The lowest BCUT2D eigenvalue weighted by Crippen LogP contribution is -2.06. The third-order valence-corrected chi connectivity index (χ3v) is 3.08. The van der Waals surface area contributed by atoms with Gasteiger partial charge in [-0.05, 0) is 19.1 Å². The maximum atomic E-state index is 12.1. The minimum atomic E-state index is 0.160. The molecule has 0 heterocycles. The first-order valence-electron chi connectivity index (χ1n) is 5.73. The van der Waals surface area contributed by atoms with Crippen LogP contribution in [0.5, 0.6) is 5.75 Å². The summed E-state index contributed by atoms with van der Waals surface area (Å²) in [4.78, 5) is 12.1. The smallest absolute Gasteiger partial charge is 0.163 e. The van der Waals surface area contributed by atoms with Crippen molar-refractivity contribution < 1.29 is 9.53 Å². The average molecular weight is 228 g/mol. The van der Waals surface area contributed by atoms with E-state index in [0.717, 1.165) is 11.3 Å². The SMILES string of the molecule is COc1cccc(C(=O)CC2C=CC=C2C)c1. The second-order valence-electron chi connectivity index (χ2n) is 4.26. The topological polar surface area (TPSA) is 26.3 Å². The molecule has 0 fully saturated rings. The van der Waals surface area contributed by atoms with Crippen molar-refractivity contribution in [3.63, 3.8) is 0 Å². The molecule has 0 spiro atoms. The average Bonchev–Trinajstić information content (AvgIpc) is 2.75. The van der Waals surface area contributed by atoms with Crippen LogP contribution in [0.25, 0.3) is 0 Å². The maximum Gasteiger partial charge on any atom is 0.163 e. The third kappa shape index (κ3) is 2.64. The minimum absolute atomic E-state index is 0.160. The summed E-state index contributed by atoms with van der Waals surface area (Å²) in [6.45, 7) is 2.06. The van der Waals surface area contributed by atoms with Crippen molar-refractivity contribution in [1.29, 1.82) is 0 Å². The highest BCUT2D eigenvalue weighted by Gasteiger charge is 2.16. The lowest BCUT2D eigenvalue weighted by Gasteiger charge is -2.09. The monoisotopic (exact) mass is 228 g/mol. The number of allylic oxidation sites excluding steroid dienone is 4. The van der Waals surface area contributed by atoms with Crippen LogP contribution in [0.3, 0.4) is 0 Å². The number of carbonyl (C=O) groups is 1. The first-order valence-corrected chi connectivity index (χ1v) is 5.73. The molecule has 88 valence electrons. The van der Waals surface area contributed by atoms with E-state index < -0.39 is 0 Å². The van der Waals surface area contributed by atoms with E-state index in [1.165, 1.54) is 5.57 Å². The summed E-state index contributed by atoms with van der Waals surface area (Å²) in [6, 6.07) is 7.32. The van der Waals surface area contributed by atoms with Crippen molar-refractivity contribution in [3.05, 3.63) is 53.6 Å². The Labute approximate surface area is 102 Å². The second-order valence-corrected chi connectivity index (χ2v) is 4.26. The lowest BCUT2D eigenvalue weighted by molar-refractivity contribution is 0.0973. The highest BCUT2D eigenvalue weighted by Crippen LogP contribution is 2.24. The number of hydrogen-bond acceptors (Lipinski definition) is 2. The van der Waals surface area contributed by atoms with Crippen molar-refractivity contribution in [2.45, 2.75) is 13.3 Å². The third-order valence-electron chi connectivity index (χ3n) is 3.08. The standard InChI is InChI=1S/C15H16O2/c1-11-5-3-6-12(11)10-15(16)13-7-4-8-14(9-13)17-2/h3-9,12H,10H2,1-2H3. The molecule has 1 aromatic carbocycles. The first-order chi connectivity index (χ1) is 8.20. The second kappa shape index (κ2) is 5.00. The Morgan fingerprint density at radius 3 is 2.88 bits per heavy atom. The van der Waals surface area contributed by atoms with Gasteiger partial charge in [-0.2, -0.15) is 0 Å². The van der Waals surface area contributed by atoms with Gasteiger partial charge in [0.2, 0.25) is 0 Å². The van der Waals surface area contributed by atoms with Gasteiger partial charge in [0, 0.05) is 17.9 Å². The molecule has 17 heavy (non-hydrogen) atoms. The Kier molecular flexibility index (Phi) is 3.43. The number of Topliss-reactive ketones (excluding diaryl/α,β-unsaturated/α-hetero) is 1. The van der Waals surface area contributed by atoms with Gasteiger partial charge in [-0.3, -0.25) is 4.79 Å². The fourth-order valence-electron chi connectivity index (χ4n) is 1.96. The molecule has 0 aliphatic heterocycles. The van der Waals surface area contributed by atoms with Crippen LogP contribution < -0.4 is 4.74 Å². The predicted molar refractivity (Wildman–Crippen MR) is 68.3 cm³/mol. The van der Waals surface area contributed by atoms with Crippen molar-refractivity contribution in [2.75, 3.05) is 7.11 Å². The number of ether oxygens (including phenoxy) is 1. The number of benzene rings is 1. The van der Waals surface area contributed by atoms with Crippen molar-refractivity contribution in [1.82, 2.24) is 0 Å². The van der Waals surface area contributed by atoms with Gasteiger partial charge < -0.3 is 4.74 Å². The van der Waals surface area contributed by atoms with E-state index in [9.17, 15) is 4.79 Å². The van der Waals surface area contributed by atoms with Gasteiger partial charge in [0.05, 0.1) is 7.11 Å². The van der Waals surface area contributed by atoms with Gasteiger partial charge in [-0.1, -0.05) is 35.9 Å². The first kappa shape index (κ1) is 11.6. The summed E-state index contributed by atoms with van der Waals surface area (Å²) >= 11 is 0. The summed E-state index contributed by atoms with van der Waals surface area (Å²) in [5.41, 5.74) is 1.97. The largest absolute Gasteiger partial charge is 0.497 e. The highest BCUT2D eigenvalue weighted by molar-refractivity contribution is 5.96. The maximum absolute atomic E-state index is 12.1. The van der Waals surface area contributed by atoms with Gasteiger partial charge in [0.1, 0.15) is 5.75 Å². The molecular formula is C15H16O2. The minimum Gasteiger partial charge on any atom is -0.497 e. The van der Waals surface area contributed by atoms with Crippen LogP contribution in [-0.4, -0.2) is 12.9 Å². The fourth-order valence-corrected chi connectivity index (χ4v) is 1.96. The van der Waals surface area contributed by atoms with Gasteiger partial charge in [0.15, 0.2) is 5.78 Å². The Morgan fingerprint density at radius 1 is 1.41 bits per heavy atom. The molecule has 0 saturated carbocycles. The summed E-state index contributed by atoms with van der Waals surface area (Å²) < 4.78 is 5.12. The molecule has 0 bridgehead atoms. The normalized spacial score (nSPS) is 18.0. The Balaban J connectivity index is 2.09. The van der Waals surface area contributed by atoms with Crippen LogP contribution in [-0.2, 0) is 0 Å². The zero-order valence-corrected chi connectivity index (χ0v) is 10.1. The van der Waals surface area contributed by atoms with E-state index in [1.807, 2.05) is 24.3 Å². The Bertz CT molecular complexity index is 483. The molecule has 0 aromatic heterocycles. The molecule has 2 nitrogen and oxygen atoms in total. The van der Waals surface area contributed by atoms with Crippen molar-refractivity contribution >= 4 is 5.78 Å². The van der Waals surface area contributed by atoms with Crippen molar-refractivity contribution in [2.24, 2.45) is 5.92 Å². The van der Waals surface area contributed by atoms with Gasteiger partial charge >= 0.3 is 0 Å². The molecule has 1 aliphatic rings. The van der Waals surface area contributed by atoms with Crippen LogP contribution in [0.2, 0.25) is 0 Å². The number of rotatable bonds is 4. The molecule has 2 rings (SSSR count). The predicted octanol–water partition coefficient (Wildman–Crippen LogP) is 3.40. The molecule has 0 N–H and O–H groups in total. The zero-order chi connectivity index (χ0) is 12.3. The van der Waals surface area contributed by atoms with E-state index in [2.05, 4.69) is 19.1 Å². The van der Waals surface area contributed by atoms with Crippen LogP contribution in [0.15, 0.2) is 48.1 Å². The van der Waals surface area contributed by atoms with Gasteiger partial charge in [0.25, 0.3) is 0 Å². The molecule has 1 atom stereocenters. The van der Waals surface area contributed by atoms with Crippen LogP contribution >= 0.6 is 0 Å². The Hall–Kier alpha value is -1.83. The number of methoxy groups -OCH3 is 1. The van der Waals surface area contributed by atoms with Crippen molar-refractivity contribution in [3.8, 4) is 5.75 Å². The fraction of sp³-hybridized carbons (Fsp3) is 0.267. The number of ketones is 1. The molecular weight excluding hydrogens is 212 g/mol. The molecule has 1 unspecified atom stereocenters. The van der Waals surface area contributed by atoms with Gasteiger partial charge in [-0.15, -0.1) is 0 Å². The van der Waals surface area contributed by atoms with E-state index in [-0.39, 0.29) is 11.7 Å². The van der Waals surface area contributed by atoms with E-state index in [1.54, 1.807) is 13.2 Å².